The number of carbonyl (C=O) groups is 3. The highest BCUT2D eigenvalue weighted by Crippen LogP contribution is 2.17. The maximum absolute atomic E-state index is 12.7. The highest BCUT2D eigenvalue weighted by molar-refractivity contribution is 5.71. The van der Waals surface area contributed by atoms with Crippen LogP contribution < -0.4 is 0 Å². The first-order valence-corrected chi connectivity index (χ1v) is 27.6. The van der Waals surface area contributed by atoms with Crippen molar-refractivity contribution in [2.75, 3.05) is 13.2 Å². The predicted octanol–water partition coefficient (Wildman–Crippen LogP) is 18.3. The van der Waals surface area contributed by atoms with Gasteiger partial charge in [0, 0.05) is 19.3 Å². The highest BCUT2D eigenvalue weighted by Gasteiger charge is 2.19. The zero-order valence-corrected chi connectivity index (χ0v) is 42.6. The van der Waals surface area contributed by atoms with Crippen LogP contribution in [0, 0.1) is 0 Å². The lowest BCUT2D eigenvalue weighted by Gasteiger charge is -2.18. The van der Waals surface area contributed by atoms with Gasteiger partial charge in [-0.25, -0.2) is 0 Å². The van der Waals surface area contributed by atoms with E-state index in [1.54, 1.807) is 0 Å². The topological polar surface area (TPSA) is 78.9 Å². The van der Waals surface area contributed by atoms with Crippen molar-refractivity contribution >= 4 is 17.9 Å². The standard InChI is InChI=1S/C58H104O6/c1-4-7-10-13-16-19-22-24-25-26-27-28-29-30-31-32-34-36-39-42-45-48-51-57(60)63-54-55(53-62-56(59)50-47-44-41-38-35-21-18-15-12-9-6-3)64-58(61)52-49-46-43-40-37-33-23-20-17-14-11-8-5-2/h8,11,17,20,33,37,43,46,55H,4-7,9-10,12-16,18-19,21-32,34-36,38-42,44-45,47-54H2,1-3H3/b11-8-,20-17-,37-33-,46-43-. The van der Waals surface area contributed by atoms with Crippen LogP contribution >= 0.6 is 0 Å². The van der Waals surface area contributed by atoms with Gasteiger partial charge in [-0.15, -0.1) is 0 Å². The third kappa shape index (κ3) is 50.4. The Balaban J connectivity index is 4.28. The maximum atomic E-state index is 12.7. The molecular formula is C58H104O6. The molecule has 0 aromatic carbocycles. The molecule has 372 valence electrons. The van der Waals surface area contributed by atoms with E-state index < -0.39 is 6.10 Å². The van der Waals surface area contributed by atoms with E-state index in [1.165, 1.54) is 173 Å². The van der Waals surface area contributed by atoms with Gasteiger partial charge in [-0.1, -0.05) is 268 Å². The lowest BCUT2D eigenvalue weighted by Crippen LogP contribution is -2.30. The summed E-state index contributed by atoms with van der Waals surface area (Å²) in [5, 5.41) is 0. The Kier molecular flexibility index (Phi) is 50.8. The number of ether oxygens (including phenoxy) is 3. The number of unbranched alkanes of at least 4 members (excludes halogenated alkanes) is 31. The zero-order chi connectivity index (χ0) is 46.5. The van der Waals surface area contributed by atoms with Gasteiger partial charge >= 0.3 is 17.9 Å². The number of esters is 3. The molecule has 64 heavy (non-hydrogen) atoms. The quantitative estimate of drug-likeness (QED) is 0.0262. The second-order valence-corrected chi connectivity index (χ2v) is 18.5. The average molecular weight is 897 g/mol. The Hall–Kier alpha value is -2.63. The van der Waals surface area contributed by atoms with E-state index in [2.05, 4.69) is 63.3 Å². The number of carbonyl (C=O) groups excluding carboxylic acids is 3. The van der Waals surface area contributed by atoms with E-state index in [-0.39, 0.29) is 37.5 Å². The van der Waals surface area contributed by atoms with Crippen molar-refractivity contribution in [2.45, 2.75) is 290 Å². The molecule has 0 heterocycles. The number of hydrogen-bond donors (Lipinski definition) is 0. The molecule has 0 fully saturated rings. The van der Waals surface area contributed by atoms with Crippen LogP contribution in [0.25, 0.3) is 0 Å². The van der Waals surface area contributed by atoms with Crippen LogP contribution in [0.4, 0.5) is 0 Å². The molecule has 0 saturated heterocycles. The Bertz CT molecular complexity index is 1120. The van der Waals surface area contributed by atoms with E-state index in [0.717, 1.165) is 64.2 Å². The lowest BCUT2D eigenvalue weighted by atomic mass is 10.0. The van der Waals surface area contributed by atoms with Crippen molar-refractivity contribution < 1.29 is 28.6 Å². The Morgan fingerprint density at radius 1 is 0.328 bits per heavy atom. The monoisotopic (exact) mass is 897 g/mol. The van der Waals surface area contributed by atoms with E-state index in [9.17, 15) is 14.4 Å². The number of rotatable bonds is 50. The summed E-state index contributed by atoms with van der Waals surface area (Å²) in [6, 6.07) is 0. The van der Waals surface area contributed by atoms with Gasteiger partial charge in [0.2, 0.25) is 0 Å². The molecule has 0 rings (SSSR count). The van der Waals surface area contributed by atoms with Crippen LogP contribution in [0.3, 0.4) is 0 Å². The van der Waals surface area contributed by atoms with E-state index in [4.69, 9.17) is 14.2 Å². The van der Waals surface area contributed by atoms with Crippen molar-refractivity contribution in [1.82, 2.24) is 0 Å². The van der Waals surface area contributed by atoms with Gasteiger partial charge < -0.3 is 14.2 Å². The SMILES string of the molecule is CC/C=C\C/C=C\C/C=C\C/C=C\CCC(=O)OC(COC(=O)CCCCCCCCCCCCC)COC(=O)CCCCCCCCCCCCCCCCCCCCCCCC. The van der Waals surface area contributed by atoms with Crippen LogP contribution in [-0.2, 0) is 28.6 Å². The second kappa shape index (κ2) is 53.0. The summed E-state index contributed by atoms with van der Waals surface area (Å²) in [4.78, 5) is 37.9. The van der Waals surface area contributed by atoms with Gasteiger partial charge in [0.1, 0.15) is 13.2 Å². The van der Waals surface area contributed by atoms with Gasteiger partial charge in [0.15, 0.2) is 6.10 Å². The van der Waals surface area contributed by atoms with Crippen LogP contribution in [0.1, 0.15) is 284 Å². The molecule has 0 spiro atoms. The first-order chi connectivity index (χ1) is 31.5. The molecule has 0 amide bonds. The fraction of sp³-hybridized carbons (Fsp3) is 0.810. The molecule has 0 N–H and O–H groups in total. The average Bonchev–Trinajstić information content (AvgIpc) is 3.29. The van der Waals surface area contributed by atoms with Crippen LogP contribution in [-0.4, -0.2) is 37.2 Å². The largest absolute Gasteiger partial charge is 0.462 e. The van der Waals surface area contributed by atoms with Crippen molar-refractivity contribution in [3.63, 3.8) is 0 Å². The van der Waals surface area contributed by atoms with Gasteiger partial charge in [0.05, 0.1) is 0 Å². The molecule has 1 unspecified atom stereocenters. The third-order valence-electron chi connectivity index (χ3n) is 12.1. The fourth-order valence-electron chi connectivity index (χ4n) is 7.99. The molecule has 0 aliphatic rings. The summed E-state index contributed by atoms with van der Waals surface area (Å²) >= 11 is 0. The number of allylic oxidation sites excluding steroid dienone is 8. The first-order valence-electron chi connectivity index (χ1n) is 27.6. The van der Waals surface area contributed by atoms with Crippen molar-refractivity contribution in [1.29, 1.82) is 0 Å². The summed E-state index contributed by atoms with van der Waals surface area (Å²) in [6.45, 7) is 6.48. The molecule has 6 nitrogen and oxygen atoms in total. The minimum absolute atomic E-state index is 0.0976. The third-order valence-corrected chi connectivity index (χ3v) is 12.1. The first kappa shape index (κ1) is 61.4. The summed E-state index contributed by atoms with van der Waals surface area (Å²) in [7, 11) is 0. The minimum atomic E-state index is -0.806. The second-order valence-electron chi connectivity index (χ2n) is 18.5. The van der Waals surface area contributed by atoms with E-state index in [1.807, 2.05) is 6.08 Å². The van der Waals surface area contributed by atoms with Gasteiger partial charge in [-0.05, 0) is 44.9 Å². The molecule has 0 aliphatic heterocycles. The van der Waals surface area contributed by atoms with Crippen LogP contribution in [0.5, 0.6) is 0 Å². The molecule has 0 radical (unpaired) electrons. The summed E-state index contributed by atoms with van der Waals surface area (Å²) in [5.74, 6) is -0.969. The van der Waals surface area contributed by atoms with Gasteiger partial charge in [-0.2, -0.15) is 0 Å². The predicted molar refractivity (Wildman–Crippen MR) is 275 cm³/mol. The molecule has 0 saturated carbocycles. The van der Waals surface area contributed by atoms with Gasteiger partial charge in [0.25, 0.3) is 0 Å². The zero-order valence-electron chi connectivity index (χ0n) is 42.6. The molecule has 0 bridgehead atoms. The molecule has 1 atom stereocenters. The summed E-state index contributed by atoms with van der Waals surface area (Å²) in [6.07, 6.45) is 64.1. The summed E-state index contributed by atoms with van der Waals surface area (Å²) in [5.41, 5.74) is 0. The molecular weight excluding hydrogens is 793 g/mol. The van der Waals surface area contributed by atoms with Crippen molar-refractivity contribution in [3.8, 4) is 0 Å². The van der Waals surface area contributed by atoms with Crippen LogP contribution in [0.15, 0.2) is 48.6 Å². The van der Waals surface area contributed by atoms with E-state index >= 15 is 0 Å². The van der Waals surface area contributed by atoms with E-state index in [0.29, 0.717) is 19.3 Å². The molecule has 0 aromatic heterocycles. The lowest BCUT2D eigenvalue weighted by molar-refractivity contribution is -0.166. The highest BCUT2D eigenvalue weighted by atomic mass is 16.6. The Morgan fingerprint density at radius 2 is 0.609 bits per heavy atom. The Morgan fingerprint density at radius 3 is 0.922 bits per heavy atom. The minimum Gasteiger partial charge on any atom is -0.462 e. The molecule has 0 aliphatic carbocycles. The molecule has 6 heteroatoms. The normalized spacial score (nSPS) is 12.4. The van der Waals surface area contributed by atoms with Gasteiger partial charge in [-0.3, -0.25) is 14.4 Å². The summed E-state index contributed by atoms with van der Waals surface area (Å²) < 4.78 is 16.7. The van der Waals surface area contributed by atoms with Crippen molar-refractivity contribution in [2.24, 2.45) is 0 Å². The van der Waals surface area contributed by atoms with Crippen molar-refractivity contribution in [3.05, 3.63) is 48.6 Å². The fourth-order valence-corrected chi connectivity index (χ4v) is 7.99. The smallest absolute Gasteiger partial charge is 0.306 e. The molecule has 0 aromatic rings. The Labute approximate surface area is 397 Å². The maximum Gasteiger partial charge on any atom is 0.306 e. The number of hydrogen-bond acceptors (Lipinski definition) is 6. The van der Waals surface area contributed by atoms with Crippen LogP contribution in [0.2, 0.25) is 0 Å².